The highest BCUT2D eigenvalue weighted by atomic mass is 32.2. The van der Waals surface area contributed by atoms with E-state index in [1.54, 1.807) is 18.0 Å². The number of esters is 1. The normalized spacial score (nSPS) is 11.6. The molecule has 1 heterocycles. The zero-order valence-electron chi connectivity index (χ0n) is 9.77. The van der Waals surface area contributed by atoms with E-state index in [-0.39, 0.29) is 5.97 Å². The Morgan fingerprint density at radius 3 is 2.94 bits per heavy atom. The molecule has 0 saturated carbocycles. The molecule has 0 bridgehead atoms. The third kappa shape index (κ3) is 3.41. The first-order chi connectivity index (χ1) is 7.69. The lowest BCUT2D eigenvalue weighted by atomic mass is 10.2. The topological polar surface area (TPSA) is 44.1 Å². The van der Waals surface area contributed by atoms with Gasteiger partial charge in [0, 0.05) is 30.8 Å². The van der Waals surface area contributed by atoms with Gasteiger partial charge in [-0.1, -0.05) is 24.8 Å². The summed E-state index contributed by atoms with van der Waals surface area (Å²) in [5, 5.41) is 0.941. The second kappa shape index (κ2) is 6.37. The Bertz CT molecular complexity index is 385. The summed E-state index contributed by atoms with van der Waals surface area (Å²) in [4.78, 5) is 15.5. The maximum Gasteiger partial charge on any atom is 0.333 e. The number of aryl methyl sites for hydroxylation is 1. The van der Waals surface area contributed by atoms with E-state index in [2.05, 4.69) is 9.72 Å². The van der Waals surface area contributed by atoms with Crippen molar-refractivity contribution < 1.29 is 9.53 Å². The molecule has 0 spiro atoms. The van der Waals surface area contributed by atoms with Gasteiger partial charge in [-0.25, -0.2) is 9.78 Å². The van der Waals surface area contributed by atoms with E-state index in [9.17, 15) is 4.79 Å². The molecule has 0 aliphatic heterocycles. The Labute approximate surface area is 99.7 Å². The first-order valence-corrected chi connectivity index (χ1v) is 6.05. The Morgan fingerprint density at radius 1 is 1.69 bits per heavy atom. The van der Waals surface area contributed by atoms with Crippen LogP contribution in [0.5, 0.6) is 0 Å². The smallest absolute Gasteiger partial charge is 0.333 e. The third-order valence-corrected chi connectivity index (χ3v) is 3.13. The second-order valence-electron chi connectivity index (χ2n) is 3.21. The predicted molar refractivity (Wildman–Crippen MR) is 64.3 cm³/mol. The van der Waals surface area contributed by atoms with E-state index in [1.165, 1.54) is 7.11 Å². The molecule has 0 aromatic carbocycles. The quantitative estimate of drug-likeness (QED) is 0.449. The standard InChI is InChI=1S/C11H16N2O2S/c1-4-9(10(14)15-3)5-8-16-11-12-6-7-13(11)2/h5-7H,4,8H2,1-3H3. The fourth-order valence-corrected chi connectivity index (χ4v) is 2.04. The summed E-state index contributed by atoms with van der Waals surface area (Å²) in [6.45, 7) is 1.94. The molecule has 0 unspecified atom stereocenters. The first kappa shape index (κ1) is 12.8. The molecular formula is C11H16N2O2S. The molecule has 0 aliphatic carbocycles. The van der Waals surface area contributed by atoms with Crippen LogP contribution in [0.25, 0.3) is 0 Å². The molecule has 0 radical (unpaired) electrons. The number of nitrogens with zero attached hydrogens (tertiary/aromatic N) is 2. The summed E-state index contributed by atoms with van der Waals surface area (Å²) in [5.74, 6) is 0.478. The van der Waals surface area contributed by atoms with Gasteiger partial charge in [0.05, 0.1) is 7.11 Å². The van der Waals surface area contributed by atoms with E-state index in [1.807, 2.05) is 30.8 Å². The third-order valence-electron chi connectivity index (χ3n) is 2.15. The average Bonchev–Trinajstić information content (AvgIpc) is 2.69. The fraction of sp³-hybridized carbons (Fsp3) is 0.455. The van der Waals surface area contributed by atoms with Crippen LogP contribution in [-0.4, -0.2) is 28.4 Å². The van der Waals surface area contributed by atoms with Crippen LogP contribution in [0.3, 0.4) is 0 Å². The van der Waals surface area contributed by atoms with Gasteiger partial charge < -0.3 is 9.30 Å². The lowest BCUT2D eigenvalue weighted by Gasteiger charge is -2.02. The van der Waals surface area contributed by atoms with Gasteiger partial charge in [0.15, 0.2) is 5.16 Å². The van der Waals surface area contributed by atoms with Crippen LogP contribution in [0.15, 0.2) is 29.2 Å². The number of methoxy groups -OCH3 is 1. The molecule has 4 nitrogen and oxygen atoms in total. The molecule has 5 heteroatoms. The van der Waals surface area contributed by atoms with Crippen molar-refractivity contribution in [1.29, 1.82) is 0 Å². The van der Waals surface area contributed by atoms with Crippen LogP contribution in [0.1, 0.15) is 13.3 Å². The van der Waals surface area contributed by atoms with Crippen molar-refractivity contribution in [2.75, 3.05) is 12.9 Å². The van der Waals surface area contributed by atoms with Crippen LogP contribution in [-0.2, 0) is 16.6 Å². The predicted octanol–water partition coefficient (Wildman–Crippen LogP) is 2.02. The van der Waals surface area contributed by atoms with E-state index in [0.717, 1.165) is 10.9 Å². The second-order valence-corrected chi connectivity index (χ2v) is 4.19. The lowest BCUT2D eigenvalue weighted by molar-refractivity contribution is -0.136. The van der Waals surface area contributed by atoms with Crippen molar-refractivity contribution in [2.45, 2.75) is 18.5 Å². The summed E-state index contributed by atoms with van der Waals surface area (Å²) in [5.41, 5.74) is 0.712. The van der Waals surface area contributed by atoms with Crippen molar-refractivity contribution in [1.82, 2.24) is 9.55 Å². The lowest BCUT2D eigenvalue weighted by Crippen LogP contribution is -2.04. The zero-order chi connectivity index (χ0) is 12.0. The molecule has 0 aliphatic rings. The average molecular weight is 240 g/mol. The number of ether oxygens (including phenoxy) is 1. The monoisotopic (exact) mass is 240 g/mol. The number of imidazole rings is 1. The molecule has 0 fully saturated rings. The largest absolute Gasteiger partial charge is 0.466 e. The molecule has 0 saturated heterocycles. The molecule has 0 atom stereocenters. The van der Waals surface area contributed by atoms with Crippen molar-refractivity contribution in [3.05, 3.63) is 24.0 Å². The SMILES string of the molecule is CCC(=CCSc1nccn1C)C(=O)OC. The summed E-state index contributed by atoms with van der Waals surface area (Å²) < 4.78 is 6.62. The summed E-state index contributed by atoms with van der Waals surface area (Å²) in [6, 6.07) is 0. The van der Waals surface area contributed by atoms with Crippen molar-refractivity contribution in [3.63, 3.8) is 0 Å². The van der Waals surface area contributed by atoms with E-state index < -0.39 is 0 Å². The zero-order valence-corrected chi connectivity index (χ0v) is 10.6. The van der Waals surface area contributed by atoms with Crippen LogP contribution in [0, 0.1) is 0 Å². The minimum atomic E-state index is -0.247. The van der Waals surface area contributed by atoms with Crippen LogP contribution >= 0.6 is 11.8 Å². The first-order valence-electron chi connectivity index (χ1n) is 5.06. The number of rotatable bonds is 5. The van der Waals surface area contributed by atoms with E-state index in [0.29, 0.717) is 12.0 Å². The van der Waals surface area contributed by atoms with Crippen LogP contribution in [0.2, 0.25) is 0 Å². The molecular weight excluding hydrogens is 224 g/mol. The molecule has 1 aromatic rings. The fourth-order valence-electron chi connectivity index (χ4n) is 1.21. The van der Waals surface area contributed by atoms with Crippen LogP contribution in [0.4, 0.5) is 0 Å². The van der Waals surface area contributed by atoms with Crippen molar-refractivity contribution >= 4 is 17.7 Å². The van der Waals surface area contributed by atoms with Gasteiger partial charge in [-0.2, -0.15) is 0 Å². The number of thioether (sulfide) groups is 1. The Kier molecular flexibility index (Phi) is 5.11. The highest BCUT2D eigenvalue weighted by molar-refractivity contribution is 7.99. The van der Waals surface area contributed by atoms with E-state index >= 15 is 0 Å². The highest BCUT2D eigenvalue weighted by Crippen LogP contribution is 2.16. The maximum atomic E-state index is 11.3. The van der Waals surface area contributed by atoms with Gasteiger partial charge >= 0.3 is 5.97 Å². The molecule has 16 heavy (non-hydrogen) atoms. The van der Waals surface area contributed by atoms with Crippen LogP contribution < -0.4 is 0 Å². The van der Waals surface area contributed by atoms with Gasteiger partial charge in [0.2, 0.25) is 0 Å². The Hall–Kier alpha value is -1.23. The molecule has 0 N–H and O–H groups in total. The number of hydrogen-bond donors (Lipinski definition) is 0. The highest BCUT2D eigenvalue weighted by Gasteiger charge is 2.06. The van der Waals surface area contributed by atoms with Gasteiger partial charge in [-0.05, 0) is 6.42 Å². The number of aromatic nitrogens is 2. The minimum Gasteiger partial charge on any atom is -0.466 e. The van der Waals surface area contributed by atoms with Gasteiger partial charge in [-0.3, -0.25) is 0 Å². The number of carbonyl (C=O) groups excluding carboxylic acids is 1. The Morgan fingerprint density at radius 2 is 2.44 bits per heavy atom. The van der Waals surface area contributed by atoms with Gasteiger partial charge in [0.25, 0.3) is 0 Å². The number of hydrogen-bond acceptors (Lipinski definition) is 4. The molecule has 88 valence electrons. The van der Waals surface area contributed by atoms with Gasteiger partial charge in [0.1, 0.15) is 0 Å². The number of carbonyl (C=O) groups is 1. The summed E-state index contributed by atoms with van der Waals surface area (Å²) in [6.07, 6.45) is 6.24. The van der Waals surface area contributed by atoms with E-state index in [4.69, 9.17) is 0 Å². The molecule has 1 aromatic heterocycles. The summed E-state index contributed by atoms with van der Waals surface area (Å²) in [7, 11) is 3.35. The van der Waals surface area contributed by atoms with Crippen molar-refractivity contribution in [3.8, 4) is 0 Å². The summed E-state index contributed by atoms with van der Waals surface area (Å²) >= 11 is 1.59. The minimum absolute atomic E-state index is 0.247. The van der Waals surface area contributed by atoms with Gasteiger partial charge in [-0.15, -0.1) is 0 Å². The molecule has 1 rings (SSSR count). The molecule has 0 amide bonds. The maximum absolute atomic E-state index is 11.3. The van der Waals surface area contributed by atoms with Crippen molar-refractivity contribution in [2.24, 2.45) is 7.05 Å². The Balaban J connectivity index is 2.52.